The summed E-state index contributed by atoms with van der Waals surface area (Å²) in [6, 6.07) is 12.2. The molecule has 2 aromatic carbocycles. The predicted octanol–water partition coefficient (Wildman–Crippen LogP) is 4.77. The van der Waals surface area contributed by atoms with Gasteiger partial charge >= 0.3 is 0 Å². The molecule has 3 N–H and O–H groups in total. The van der Waals surface area contributed by atoms with Crippen LogP contribution in [0.4, 0.5) is 8.78 Å². The minimum Gasteiger partial charge on any atom is -0.384 e. The van der Waals surface area contributed by atoms with Crippen LogP contribution in [-0.2, 0) is 11.3 Å². The third-order valence-electron chi connectivity index (χ3n) is 6.00. The van der Waals surface area contributed by atoms with E-state index in [1.54, 1.807) is 4.68 Å². The molecule has 10 heteroatoms. The second-order valence-corrected chi connectivity index (χ2v) is 10.7. The Morgan fingerprint density at radius 3 is 2.49 bits per heavy atom. The maximum atomic E-state index is 14.8. The van der Waals surface area contributed by atoms with Crippen molar-refractivity contribution in [1.82, 2.24) is 19.7 Å². The van der Waals surface area contributed by atoms with Crippen molar-refractivity contribution in [3.05, 3.63) is 70.8 Å². The van der Waals surface area contributed by atoms with Gasteiger partial charge in [-0.25, -0.2) is 18.4 Å². The molecule has 1 unspecified atom stereocenters. The van der Waals surface area contributed by atoms with E-state index in [1.165, 1.54) is 30.0 Å². The Kier molecular flexibility index (Phi) is 9.39. The first-order chi connectivity index (χ1) is 17.4. The Labute approximate surface area is 221 Å². The van der Waals surface area contributed by atoms with Crippen LogP contribution in [0.5, 0.6) is 0 Å². The summed E-state index contributed by atoms with van der Waals surface area (Å²) in [5, 5.41) is 15.2. The Bertz CT molecular complexity index is 1200. The average Bonchev–Trinajstić information content (AvgIpc) is 3.24. The quantitative estimate of drug-likeness (QED) is 0.391. The number of carbonyl (C=O) groups excluding carboxylic acids is 1. The van der Waals surface area contributed by atoms with Gasteiger partial charge in [0.05, 0.1) is 18.2 Å². The van der Waals surface area contributed by atoms with Crippen LogP contribution in [0.25, 0.3) is 11.4 Å². The third kappa shape index (κ3) is 7.12. The molecule has 1 aromatic heterocycles. The monoisotopic (exact) mass is 533 g/mol. The molecule has 3 rings (SSSR count). The van der Waals surface area contributed by atoms with E-state index in [-0.39, 0.29) is 24.4 Å². The van der Waals surface area contributed by atoms with Gasteiger partial charge in [0.15, 0.2) is 11.6 Å². The van der Waals surface area contributed by atoms with E-state index in [2.05, 4.69) is 5.10 Å². The van der Waals surface area contributed by atoms with Crippen LogP contribution in [0, 0.1) is 11.2 Å². The standard InChI is InChI=1S/C27H34ClF2N5O2/c1-17(36)26(37)34(13-12-20(31)15-29)23(27(2,3)4)25-32-24(21-14-19(28)10-11-22(21)30)33-35(25)16-18-8-6-5-7-9-18/h5-11,14,17,20,23,36H,12-13,15-16,31H2,1-4H3/t17-,20-,23?/m0/s1. The molecular formula is C27H34ClF2N5O2. The fourth-order valence-electron chi connectivity index (χ4n) is 4.19. The molecule has 0 saturated heterocycles. The van der Waals surface area contributed by atoms with Crippen molar-refractivity contribution in [1.29, 1.82) is 0 Å². The van der Waals surface area contributed by atoms with Crippen LogP contribution in [0.2, 0.25) is 5.02 Å². The van der Waals surface area contributed by atoms with Crippen LogP contribution in [0.3, 0.4) is 0 Å². The first-order valence-corrected chi connectivity index (χ1v) is 12.5. The van der Waals surface area contributed by atoms with Gasteiger partial charge in [-0.3, -0.25) is 4.79 Å². The molecule has 37 heavy (non-hydrogen) atoms. The Morgan fingerprint density at radius 1 is 1.22 bits per heavy atom. The highest BCUT2D eigenvalue weighted by Crippen LogP contribution is 2.39. The first-order valence-electron chi connectivity index (χ1n) is 12.2. The van der Waals surface area contributed by atoms with Crippen molar-refractivity contribution in [2.24, 2.45) is 11.1 Å². The summed E-state index contributed by atoms with van der Waals surface area (Å²) in [5.74, 6) is -0.569. The minimum atomic E-state index is -1.30. The summed E-state index contributed by atoms with van der Waals surface area (Å²) < 4.78 is 29.6. The number of aliphatic hydroxyl groups is 1. The number of nitrogens with zero attached hydrogens (tertiary/aromatic N) is 4. The maximum Gasteiger partial charge on any atom is 0.251 e. The molecule has 0 saturated carbocycles. The fourth-order valence-corrected chi connectivity index (χ4v) is 4.37. The summed E-state index contributed by atoms with van der Waals surface area (Å²) in [5.41, 5.74) is 6.27. The van der Waals surface area contributed by atoms with Crippen LogP contribution in [0.15, 0.2) is 48.5 Å². The third-order valence-corrected chi connectivity index (χ3v) is 6.24. The van der Waals surface area contributed by atoms with Crippen LogP contribution < -0.4 is 5.73 Å². The summed E-state index contributed by atoms with van der Waals surface area (Å²) >= 11 is 6.14. The van der Waals surface area contributed by atoms with Gasteiger partial charge < -0.3 is 15.7 Å². The number of hydrogen-bond acceptors (Lipinski definition) is 5. The topological polar surface area (TPSA) is 97.3 Å². The normalized spacial score (nSPS) is 14.3. The fraction of sp³-hybridized carbons (Fsp3) is 0.444. The number of aromatic nitrogens is 3. The zero-order valence-corrected chi connectivity index (χ0v) is 22.3. The van der Waals surface area contributed by atoms with E-state index in [9.17, 15) is 18.7 Å². The first kappa shape index (κ1) is 28.7. The van der Waals surface area contributed by atoms with Crippen molar-refractivity contribution in [3.63, 3.8) is 0 Å². The van der Waals surface area contributed by atoms with E-state index in [0.29, 0.717) is 17.4 Å². The molecule has 0 aliphatic heterocycles. The van der Waals surface area contributed by atoms with E-state index in [4.69, 9.17) is 22.3 Å². The molecule has 1 heterocycles. The van der Waals surface area contributed by atoms with Crippen molar-refractivity contribution in [2.75, 3.05) is 13.2 Å². The van der Waals surface area contributed by atoms with Gasteiger partial charge in [-0.15, -0.1) is 0 Å². The van der Waals surface area contributed by atoms with Crippen LogP contribution in [-0.4, -0.2) is 56.0 Å². The van der Waals surface area contributed by atoms with Gasteiger partial charge in [0.1, 0.15) is 18.6 Å². The molecule has 3 atom stereocenters. The molecule has 0 aliphatic carbocycles. The minimum absolute atomic E-state index is 0.0931. The lowest BCUT2D eigenvalue weighted by molar-refractivity contribution is -0.145. The number of alkyl halides is 1. The molecule has 0 bridgehead atoms. The van der Waals surface area contributed by atoms with Crippen molar-refractivity contribution in [2.45, 2.75) is 58.8 Å². The summed E-state index contributed by atoms with van der Waals surface area (Å²) in [6.07, 6.45) is -1.12. The van der Waals surface area contributed by atoms with Gasteiger partial charge in [-0.1, -0.05) is 62.7 Å². The number of rotatable bonds is 10. The SMILES string of the molecule is C[C@H](O)C(=O)N(CC[C@H](N)CF)C(c1nc(-c2cc(Cl)ccc2F)nn1Cc1ccccc1)C(C)(C)C. The Balaban J connectivity index is 2.21. The smallest absolute Gasteiger partial charge is 0.251 e. The lowest BCUT2D eigenvalue weighted by atomic mass is 9.84. The van der Waals surface area contributed by atoms with Crippen molar-refractivity contribution < 1.29 is 18.7 Å². The van der Waals surface area contributed by atoms with Gasteiger partial charge in [0.2, 0.25) is 0 Å². The zero-order chi connectivity index (χ0) is 27.3. The van der Waals surface area contributed by atoms with Gasteiger partial charge in [-0.2, -0.15) is 5.10 Å². The highest BCUT2D eigenvalue weighted by Gasteiger charge is 2.40. The molecule has 1 amide bonds. The number of benzene rings is 2. The maximum absolute atomic E-state index is 14.8. The number of amides is 1. The predicted molar refractivity (Wildman–Crippen MR) is 140 cm³/mol. The average molecular weight is 534 g/mol. The van der Waals surface area contributed by atoms with Crippen LogP contribution in [0.1, 0.15) is 51.5 Å². The summed E-state index contributed by atoms with van der Waals surface area (Å²) in [7, 11) is 0. The van der Waals surface area contributed by atoms with E-state index in [1.807, 2.05) is 51.1 Å². The Hall–Kier alpha value is -2.88. The lowest BCUT2D eigenvalue weighted by Gasteiger charge is -2.40. The van der Waals surface area contributed by atoms with E-state index in [0.717, 1.165) is 5.56 Å². The largest absolute Gasteiger partial charge is 0.384 e. The molecule has 0 radical (unpaired) electrons. The summed E-state index contributed by atoms with van der Waals surface area (Å²) in [4.78, 5) is 19.5. The Morgan fingerprint density at radius 2 is 1.89 bits per heavy atom. The number of carbonyl (C=O) groups is 1. The molecular weight excluding hydrogens is 500 g/mol. The van der Waals surface area contributed by atoms with Crippen LogP contribution >= 0.6 is 11.6 Å². The second kappa shape index (κ2) is 12.1. The molecule has 3 aromatic rings. The molecule has 0 spiro atoms. The molecule has 0 fully saturated rings. The number of nitrogens with two attached hydrogens (primary N) is 1. The lowest BCUT2D eigenvalue weighted by Crippen LogP contribution is -2.47. The molecule has 0 aliphatic rings. The highest BCUT2D eigenvalue weighted by atomic mass is 35.5. The van der Waals surface area contributed by atoms with Gasteiger partial charge in [0.25, 0.3) is 5.91 Å². The van der Waals surface area contributed by atoms with Crippen molar-refractivity contribution in [3.8, 4) is 11.4 Å². The molecule has 200 valence electrons. The van der Waals surface area contributed by atoms with Gasteiger partial charge in [0, 0.05) is 17.6 Å². The second-order valence-electron chi connectivity index (χ2n) is 10.2. The van der Waals surface area contributed by atoms with E-state index >= 15 is 0 Å². The zero-order valence-electron chi connectivity index (χ0n) is 21.5. The molecule has 7 nitrogen and oxygen atoms in total. The van der Waals surface area contributed by atoms with Gasteiger partial charge in [-0.05, 0) is 42.5 Å². The highest BCUT2D eigenvalue weighted by molar-refractivity contribution is 6.30. The van der Waals surface area contributed by atoms with E-state index < -0.39 is 42.0 Å². The summed E-state index contributed by atoms with van der Waals surface area (Å²) in [6.45, 7) is 6.82. The number of hydrogen-bond donors (Lipinski definition) is 2. The number of halogens is 3. The van der Waals surface area contributed by atoms with Crippen molar-refractivity contribution >= 4 is 17.5 Å². The number of aliphatic hydroxyl groups excluding tert-OH is 1.